The van der Waals surface area contributed by atoms with Crippen LogP contribution in [0.4, 0.5) is 11.5 Å². The number of ether oxygens (including phenoxy) is 2. The summed E-state index contributed by atoms with van der Waals surface area (Å²) in [5.74, 6) is 1.48. The minimum atomic E-state index is -0.426. The molecule has 0 atom stereocenters. The van der Waals surface area contributed by atoms with Gasteiger partial charge >= 0.3 is 0 Å². The number of hydrogen-bond acceptors (Lipinski definition) is 6. The standard InChI is InChI=1S/C17H17N3O4/c1-23-12-7-5-11(6-8-12)18-15-13(10-21)17(22)20-9-3-4-14(24-2)16(20)19-15/h3-9,18,21H,10H2,1-2H3. The molecule has 24 heavy (non-hydrogen) atoms. The smallest absolute Gasteiger partial charge is 0.265 e. The third-order valence-corrected chi connectivity index (χ3v) is 3.64. The van der Waals surface area contributed by atoms with E-state index in [0.29, 0.717) is 11.4 Å². The highest BCUT2D eigenvalue weighted by Crippen LogP contribution is 2.23. The van der Waals surface area contributed by atoms with Crippen LogP contribution in [0.5, 0.6) is 11.5 Å². The molecule has 0 aliphatic rings. The van der Waals surface area contributed by atoms with Crippen molar-refractivity contribution in [1.82, 2.24) is 9.38 Å². The highest BCUT2D eigenvalue weighted by molar-refractivity contribution is 5.65. The van der Waals surface area contributed by atoms with Gasteiger partial charge in [0, 0.05) is 11.9 Å². The zero-order valence-corrected chi connectivity index (χ0v) is 13.3. The van der Waals surface area contributed by atoms with Gasteiger partial charge in [0.2, 0.25) is 0 Å². The maximum atomic E-state index is 12.6. The van der Waals surface area contributed by atoms with E-state index in [-0.39, 0.29) is 16.9 Å². The first-order valence-electron chi connectivity index (χ1n) is 7.28. The Bertz CT molecular complexity index is 920. The molecular weight excluding hydrogens is 310 g/mol. The lowest BCUT2D eigenvalue weighted by Gasteiger charge is -2.13. The van der Waals surface area contributed by atoms with E-state index in [2.05, 4.69) is 10.3 Å². The van der Waals surface area contributed by atoms with Crippen molar-refractivity contribution in [2.45, 2.75) is 6.61 Å². The summed E-state index contributed by atoms with van der Waals surface area (Å²) >= 11 is 0. The molecule has 0 radical (unpaired) electrons. The molecule has 124 valence electrons. The molecule has 0 saturated heterocycles. The molecular formula is C17H17N3O4. The Morgan fingerprint density at radius 1 is 1.17 bits per heavy atom. The van der Waals surface area contributed by atoms with Gasteiger partial charge < -0.3 is 19.9 Å². The Labute approximate surface area is 138 Å². The van der Waals surface area contributed by atoms with Gasteiger partial charge in [0.05, 0.1) is 26.4 Å². The average molecular weight is 327 g/mol. The summed E-state index contributed by atoms with van der Waals surface area (Å²) in [7, 11) is 3.10. The maximum absolute atomic E-state index is 12.6. The first-order valence-corrected chi connectivity index (χ1v) is 7.28. The summed E-state index contributed by atoms with van der Waals surface area (Å²) in [6, 6.07) is 10.6. The van der Waals surface area contributed by atoms with E-state index in [0.717, 1.165) is 11.4 Å². The van der Waals surface area contributed by atoms with Crippen LogP contribution in [0.2, 0.25) is 0 Å². The van der Waals surface area contributed by atoms with Crippen LogP contribution in [0.1, 0.15) is 5.56 Å². The molecule has 2 N–H and O–H groups in total. The SMILES string of the molecule is COc1ccc(Nc2nc3c(OC)cccn3c(=O)c2CO)cc1. The van der Waals surface area contributed by atoms with Crippen molar-refractivity contribution in [2.24, 2.45) is 0 Å². The van der Waals surface area contributed by atoms with Crippen molar-refractivity contribution in [1.29, 1.82) is 0 Å². The van der Waals surface area contributed by atoms with Gasteiger partial charge in [-0.05, 0) is 36.4 Å². The van der Waals surface area contributed by atoms with Crippen molar-refractivity contribution in [3.8, 4) is 11.5 Å². The van der Waals surface area contributed by atoms with Crippen molar-refractivity contribution >= 4 is 17.2 Å². The highest BCUT2D eigenvalue weighted by atomic mass is 16.5. The first kappa shape index (κ1) is 15.8. The fourth-order valence-electron chi connectivity index (χ4n) is 2.39. The van der Waals surface area contributed by atoms with Gasteiger partial charge in [-0.15, -0.1) is 0 Å². The van der Waals surface area contributed by atoms with Crippen LogP contribution >= 0.6 is 0 Å². The van der Waals surface area contributed by atoms with E-state index in [1.165, 1.54) is 11.5 Å². The molecule has 0 bridgehead atoms. The second kappa shape index (κ2) is 6.59. The van der Waals surface area contributed by atoms with E-state index in [1.807, 2.05) is 0 Å². The molecule has 0 amide bonds. The van der Waals surface area contributed by atoms with Gasteiger partial charge in [-0.25, -0.2) is 4.98 Å². The molecule has 0 spiro atoms. The number of pyridine rings is 1. The number of aliphatic hydroxyl groups excluding tert-OH is 1. The zero-order valence-electron chi connectivity index (χ0n) is 13.3. The molecule has 1 aromatic carbocycles. The van der Waals surface area contributed by atoms with Gasteiger partial charge in [0.25, 0.3) is 5.56 Å². The van der Waals surface area contributed by atoms with Gasteiger partial charge in [0.1, 0.15) is 11.6 Å². The van der Waals surface area contributed by atoms with Crippen molar-refractivity contribution in [3.05, 3.63) is 58.5 Å². The molecule has 3 aromatic rings. The zero-order chi connectivity index (χ0) is 17.1. The van der Waals surface area contributed by atoms with Crippen LogP contribution in [0, 0.1) is 0 Å². The lowest BCUT2D eigenvalue weighted by Crippen LogP contribution is -2.22. The molecule has 2 aromatic heterocycles. The minimum Gasteiger partial charge on any atom is -0.497 e. The molecule has 2 heterocycles. The third kappa shape index (κ3) is 2.77. The van der Waals surface area contributed by atoms with Gasteiger partial charge in [-0.3, -0.25) is 9.20 Å². The largest absolute Gasteiger partial charge is 0.497 e. The predicted molar refractivity (Wildman–Crippen MR) is 90.2 cm³/mol. The predicted octanol–water partition coefficient (Wildman–Crippen LogP) is 1.95. The normalized spacial score (nSPS) is 10.6. The summed E-state index contributed by atoms with van der Waals surface area (Å²) in [4.78, 5) is 17.0. The number of aromatic nitrogens is 2. The molecule has 3 rings (SSSR count). The molecule has 0 aliphatic carbocycles. The van der Waals surface area contributed by atoms with Crippen LogP contribution in [-0.4, -0.2) is 28.7 Å². The van der Waals surface area contributed by atoms with Crippen LogP contribution < -0.4 is 20.3 Å². The Hall–Kier alpha value is -3.06. The molecule has 0 aliphatic heterocycles. The Morgan fingerprint density at radius 2 is 1.92 bits per heavy atom. The fraction of sp³-hybridized carbons (Fsp3) is 0.176. The molecule has 0 fully saturated rings. The number of nitrogens with zero attached hydrogens (tertiary/aromatic N) is 2. The number of fused-ring (bicyclic) bond motifs is 1. The monoisotopic (exact) mass is 327 g/mol. The number of aliphatic hydroxyl groups is 1. The highest BCUT2D eigenvalue weighted by Gasteiger charge is 2.14. The van der Waals surface area contributed by atoms with Crippen LogP contribution in [-0.2, 0) is 6.61 Å². The second-order valence-electron chi connectivity index (χ2n) is 5.03. The van der Waals surface area contributed by atoms with Crippen molar-refractivity contribution in [3.63, 3.8) is 0 Å². The van der Waals surface area contributed by atoms with Crippen LogP contribution in [0.15, 0.2) is 47.4 Å². The lowest BCUT2D eigenvalue weighted by molar-refractivity contribution is 0.280. The van der Waals surface area contributed by atoms with E-state index in [4.69, 9.17) is 9.47 Å². The summed E-state index contributed by atoms with van der Waals surface area (Å²) in [5.41, 5.74) is 0.920. The maximum Gasteiger partial charge on any atom is 0.265 e. The van der Waals surface area contributed by atoms with Crippen LogP contribution in [0.25, 0.3) is 5.65 Å². The van der Waals surface area contributed by atoms with Gasteiger partial charge in [0.15, 0.2) is 11.4 Å². The third-order valence-electron chi connectivity index (χ3n) is 3.64. The Morgan fingerprint density at radius 3 is 2.54 bits per heavy atom. The van der Waals surface area contributed by atoms with Gasteiger partial charge in [-0.2, -0.15) is 0 Å². The molecule has 0 unspecified atom stereocenters. The number of rotatable bonds is 5. The van der Waals surface area contributed by atoms with Crippen molar-refractivity contribution in [2.75, 3.05) is 19.5 Å². The fourth-order valence-corrected chi connectivity index (χ4v) is 2.39. The van der Waals surface area contributed by atoms with E-state index >= 15 is 0 Å². The van der Waals surface area contributed by atoms with Crippen LogP contribution in [0.3, 0.4) is 0 Å². The summed E-state index contributed by atoms with van der Waals surface area (Å²) < 4.78 is 11.7. The van der Waals surface area contributed by atoms with Crippen molar-refractivity contribution < 1.29 is 14.6 Å². The number of benzene rings is 1. The summed E-state index contributed by atoms with van der Waals surface area (Å²) in [6.07, 6.45) is 1.59. The summed E-state index contributed by atoms with van der Waals surface area (Å²) in [6.45, 7) is -0.426. The van der Waals surface area contributed by atoms with Gasteiger partial charge in [-0.1, -0.05) is 0 Å². The van der Waals surface area contributed by atoms with E-state index < -0.39 is 6.61 Å². The Kier molecular flexibility index (Phi) is 4.35. The average Bonchev–Trinajstić information content (AvgIpc) is 2.62. The first-order chi connectivity index (χ1) is 11.7. The second-order valence-corrected chi connectivity index (χ2v) is 5.03. The minimum absolute atomic E-state index is 0.177. The topological polar surface area (TPSA) is 85.1 Å². The lowest BCUT2D eigenvalue weighted by atomic mass is 10.2. The number of methoxy groups -OCH3 is 2. The van der Waals surface area contributed by atoms with E-state index in [1.54, 1.807) is 49.7 Å². The van der Waals surface area contributed by atoms with E-state index in [9.17, 15) is 9.90 Å². The number of anilines is 2. The summed E-state index contributed by atoms with van der Waals surface area (Å²) in [5, 5.41) is 12.7. The molecule has 7 nitrogen and oxygen atoms in total. The quantitative estimate of drug-likeness (QED) is 0.745. The molecule has 7 heteroatoms. The number of hydrogen-bond donors (Lipinski definition) is 2. The number of nitrogens with one attached hydrogen (secondary N) is 1. The molecule has 0 saturated carbocycles. The Balaban J connectivity index is 2.13.